The van der Waals surface area contributed by atoms with Gasteiger partial charge >= 0.3 is 0 Å². The molecule has 0 saturated carbocycles. The number of carbonyl (C=O) groups excluding carboxylic acids is 2. The molecule has 4 rings (SSSR count). The zero-order valence-electron chi connectivity index (χ0n) is 17.8. The number of imidazole rings is 1. The maximum absolute atomic E-state index is 13.3. The molecule has 2 aliphatic heterocycles. The van der Waals surface area contributed by atoms with Gasteiger partial charge in [-0.25, -0.2) is 4.98 Å². The molecule has 166 valence electrons. The third-order valence-corrected chi connectivity index (χ3v) is 5.92. The van der Waals surface area contributed by atoms with Crippen molar-refractivity contribution in [3.63, 3.8) is 0 Å². The van der Waals surface area contributed by atoms with E-state index in [4.69, 9.17) is 14.6 Å². The highest BCUT2D eigenvalue weighted by atomic mass is 16.5. The summed E-state index contributed by atoms with van der Waals surface area (Å²) in [6.07, 6.45) is 3.78. The Bertz CT molecular complexity index is 899. The second-order valence-corrected chi connectivity index (χ2v) is 8.11. The number of hydrogen-bond acceptors (Lipinski definition) is 5. The smallest absolute Gasteiger partial charge is 0.290 e. The summed E-state index contributed by atoms with van der Waals surface area (Å²) in [6, 6.07) is 8.02. The molecular formula is C22H28N4O5. The third kappa shape index (κ3) is 4.93. The molecule has 3 heterocycles. The zero-order valence-corrected chi connectivity index (χ0v) is 17.8. The number of aromatic amines is 1. The van der Waals surface area contributed by atoms with Crippen molar-refractivity contribution in [1.29, 1.82) is 0 Å². The van der Waals surface area contributed by atoms with Crippen LogP contribution in [0, 0.1) is 18.3 Å². The second kappa shape index (κ2) is 9.74. The molecule has 2 saturated heterocycles. The number of aromatic nitrogens is 2. The molecule has 0 unspecified atom stereocenters. The van der Waals surface area contributed by atoms with Gasteiger partial charge < -0.3 is 24.6 Å². The summed E-state index contributed by atoms with van der Waals surface area (Å²) in [5, 5.41) is 6.89. The van der Waals surface area contributed by atoms with Crippen molar-refractivity contribution >= 4 is 18.3 Å². The van der Waals surface area contributed by atoms with Crippen LogP contribution in [-0.2, 0) is 32.1 Å². The van der Waals surface area contributed by atoms with E-state index in [9.17, 15) is 9.59 Å². The first-order chi connectivity index (χ1) is 14.9. The van der Waals surface area contributed by atoms with Gasteiger partial charge in [0.2, 0.25) is 11.8 Å². The minimum Gasteiger partial charge on any atom is -0.483 e. The van der Waals surface area contributed by atoms with Gasteiger partial charge in [0.15, 0.2) is 0 Å². The molecule has 2 aromatic rings. The van der Waals surface area contributed by atoms with E-state index in [0.717, 1.165) is 11.4 Å². The lowest BCUT2D eigenvalue weighted by molar-refractivity contribution is -0.142. The Kier molecular flexibility index (Phi) is 7.06. The average molecular weight is 428 g/mol. The van der Waals surface area contributed by atoms with E-state index in [-0.39, 0.29) is 24.2 Å². The minimum absolute atomic E-state index is 0.0250. The van der Waals surface area contributed by atoms with E-state index < -0.39 is 5.41 Å². The van der Waals surface area contributed by atoms with Crippen LogP contribution in [0.1, 0.15) is 17.0 Å². The van der Waals surface area contributed by atoms with Crippen molar-refractivity contribution < 1.29 is 24.2 Å². The highest BCUT2D eigenvalue weighted by Gasteiger charge is 2.57. The number of aryl methyl sites for hydroxylation is 1. The molecular weight excluding hydrogens is 400 g/mol. The topological polar surface area (TPSA) is 116 Å². The van der Waals surface area contributed by atoms with E-state index in [1.165, 1.54) is 5.56 Å². The molecule has 2 amide bonds. The molecule has 31 heavy (non-hydrogen) atoms. The van der Waals surface area contributed by atoms with Crippen LogP contribution in [0.15, 0.2) is 36.7 Å². The van der Waals surface area contributed by atoms with Gasteiger partial charge in [-0.3, -0.25) is 14.4 Å². The molecule has 2 aliphatic rings. The largest absolute Gasteiger partial charge is 0.483 e. The van der Waals surface area contributed by atoms with Crippen LogP contribution >= 0.6 is 0 Å². The van der Waals surface area contributed by atoms with Gasteiger partial charge in [-0.1, -0.05) is 29.8 Å². The number of rotatable bonds is 5. The van der Waals surface area contributed by atoms with Gasteiger partial charge in [0, 0.05) is 38.4 Å². The van der Waals surface area contributed by atoms with Crippen molar-refractivity contribution in [2.45, 2.75) is 19.9 Å². The first-order valence-electron chi connectivity index (χ1n) is 10.1. The summed E-state index contributed by atoms with van der Waals surface area (Å²) in [6.45, 7) is 4.08. The number of benzene rings is 1. The van der Waals surface area contributed by atoms with Crippen LogP contribution in [0.5, 0.6) is 0 Å². The predicted octanol–water partition coefficient (Wildman–Crippen LogP) is 1.10. The summed E-state index contributed by atoms with van der Waals surface area (Å²) in [5.41, 5.74) is 1.53. The Morgan fingerprint density at radius 1 is 1.39 bits per heavy atom. The van der Waals surface area contributed by atoms with E-state index >= 15 is 0 Å². The molecule has 2 fully saturated rings. The van der Waals surface area contributed by atoms with E-state index in [1.54, 1.807) is 24.3 Å². The third-order valence-electron chi connectivity index (χ3n) is 5.92. The quantitative estimate of drug-likeness (QED) is 0.689. The Hall–Kier alpha value is -3.20. The molecule has 9 nitrogen and oxygen atoms in total. The maximum Gasteiger partial charge on any atom is 0.290 e. The van der Waals surface area contributed by atoms with Crippen molar-refractivity contribution in [3.8, 4) is 0 Å². The lowest BCUT2D eigenvalue weighted by atomic mass is 9.79. The number of fused-ring (bicyclic) bond motifs is 1. The fourth-order valence-electron chi connectivity index (χ4n) is 4.28. The Morgan fingerprint density at radius 3 is 2.74 bits per heavy atom. The van der Waals surface area contributed by atoms with Crippen LogP contribution in [0.4, 0.5) is 0 Å². The number of ether oxygens (including phenoxy) is 1. The molecule has 9 heteroatoms. The number of hydrogen-bond donors (Lipinski definition) is 2. The summed E-state index contributed by atoms with van der Waals surface area (Å²) >= 11 is 0. The highest BCUT2D eigenvalue weighted by molar-refractivity contribution is 5.86. The van der Waals surface area contributed by atoms with E-state index in [1.807, 2.05) is 36.1 Å². The summed E-state index contributed by atoms with van der Waals surface area (Å²) in [7, 11) is 1.78. The van der Waals surface area contributed by atoms with E-state index in [2.05, 4.69) is 9.97 Å². The molecule has 2 N–H and O–H groups in total. The van der Waals surface area contributed by atoms with Gasteiger partial charge in [-0.05, 0) is 12.5 Å². The number of nitrogens with zero attached hydrogens (tertiary/aromatic N) is 3. The van der Waals surface area contributed by atoms with Crippen LogP contribution in [-0.4, -0.2) is 76.5 Å². The average Bonchev–Trinajstić information content (AvgIpc) is 3.46. The number of nitrogens with one attached hydrogen (secondary N) is 1. The molecule has 1 aromatic carbocycles. The molecule has 0 aliphatic carbocycles. The SMILES string of the molecule is Cc1ccc(CC(=O)N2C[C@@H]3COC[C@]3(C(=O)N(C)Cc3ncc[nH]3)C2)cc1.O=CO. The lowest BCUT2D eigenvalue weighted by Crippen LogP contribution is -2.47. The van der Waals surface area contributed by atoms with Gasteiger partial charge in [0.05, 0.1) is 31.6 Å². The zero-order chi connectivity index (χ0) is 22.4. The normalized spacial score (nSPS) is 21.7. The number of likely N-dealkylation sites (tertiary alicyclic amines) is 1. The van der Waals surface area contributed by atoms with Crippen LogP contribution < -0.4 is 0 Å². The molecule has 0 spiro atoms. The Morgan fingerprint density at radius 2 is 2.10 bits per heavy atom. The number of carbonyl (C=O) groups is 3. The molecule has 0 bridgehead atoms. The van der Waals surface area contributed by atoms with Crippen molar-refractivity contribution in [2.24, 2.45) is 11.3 Å². The molecule has 1 aromatic heterocycles. The van der Waals surface area contributed by atoms with Crippen molar-refractivity contribution in [2.75, 3.05) is 33.4 Å². The first-order valence-corrected chi connectivity index (χ1v) is 10.1. The molecule has 0 radical (unpaired) electrons. The Balaban J connectivity index is 0.000000858. The highest BCUT2D eigenvalue weighted by Crippen LogP contribution is 2.43. The van der Waals surface area contributed by atoms with Crippen molar-refractivity contribution in [1.82, 2.24) is 19.8 Å². The van der Waals surface area contributed by atoms with Crippen LogP contribution in [0.3, 0.4) is 0 Å². The van der Waals surface area contributed by atoms with Gasteiger partial charge in [0.25, 0.3) is 6.47 Å². The van der Waals surface area contributed by atoms with Gasteiger partial charge in [-0.15, -0.1) is 0 Å². The first kappa shape index (κ1) is 22.5. The predicted molar refractivity (Wildman–Crippen MR) is 112 cm³/mol. The standard InChI is InChI=1S/C21H26N4O3.CH2O2/c1-15-3-5-16(6-4-15)9-19(26)25-10-17-12-28-14-21(17,13-25)20(27)24(2)11-18-22-7-8-23-18;2-1-3/h3-8,17H,9-14H2,1-2H3,(H,22,23);1H,(H,2,3)/t17-,21-;/m1./s1. The monoisotopic (exact) mass is 428 g/mol. The van der Waals surface area contributed by atoms with Gasteiger partial charge in [-0.2, -0.15) is 0 Å². The summed E-state index contributed by atoms with van der Waals surface area (Å²) in [4.78, 5) is 45.3. The number of H-pyrrole nitrogens is 1. The van der Waals surface area contributed by atoms with E-state index in [0.29, 0.717) is 39.3 Å². The second-order valence-electron chi connectivity index (χ2n) is 8.11. The Labute approximate surface area is 181 Å². The maximum atomic E-state index is 13.3. The number of carboxylic acid groups (broad SMARTS) is 1. The summed E-state index contributed by atoms with van der Waals surface area (Å²) < 4.78 is 5.67. The lowest BCUT2D eigenvalue weighted by Gasteiger charge is -2.30. The minimum atomic E-state index is -0.649. The van der Waals surface area contributed by atoms with Gasteiger partial charge in [0.1, 0.15) is 5.82 Å². The fraction of sp³-hybridized carbons (Fsp3) is 0.455. The number of amides is 2. The van der Waals surface area contributed by atoms with Crippen LogP contribution in [0.2, 0.25) is 0 Å². The van der Waals surface area contributed by atoms with Crippen molar-refractivity contribution in [3.05, 3.63) is 53.6 Å². The molecule has 2 atom stereocenters. The van der Waals surface area contributed by atoms with Crippen LogP contribution in [0.25, 0.3) is 0 Å². The summed E-state index contributed by atoms with van der Waals surface area (Å²) in [5.74, 6) is 0.880. The fourth-order valence-corrected chi connectivity index (χ4v) is 4.28.